The number of carboxylic acids is 1. The number of rotatable bonds is 3. The van der Waals surface area contributed by atoms with Crippen molar-refractivity contribution in [2.75, 3.05) is 0 Å². The molecule has 1 aromatic rings. The molecule has 0 saturated carbocycles. The maximum absolute atomic E-state index is 10.9. The lowest BCUT2D eigenvalue weighted by Gasteiger charge is -2.06. The maximum atomic E-state index is 10.9. The van der Waals surface area contributed by atoms with Crippen molar-refractivity contribution in [3.8, 4) is 0 Å². The van der Waals surface area contributed by atoms with Crippen molar-refractivity contribution < 1.29 is 9.90 Å². The second-order valence-corrected chi connectivity index (χ2v) is 4.26. The molecule has 14 heavy (non-hydrogen) atoms. The monoisotopic (exact) mass is 259 g/mol. The van der Waals surface area contributed by atoms with Gasteiger partial charge in [-0.15, -0.1) is 0 Å². The summed E-state index contributed by atoms with van der Waals surface area (Å²) in [4.78, 5) is 14.0. The van der Waals surface area contributed by atoms with E-state index in [2.05, 4.69) is 34.8 Å². The van der Waals surface area contributed by atoms with Gasteiger partial charge < -0.3 is 10.1 Å². The van der Waals surface area contributed by atoms with Gasteiger partial charge in [0.1, 0.15) is 0 Å². The Bertz CT molecular complexity index is 357. The Morgan fingerprint density at radius 1 is 1.64 bits per heavy atom. The van der Waals surface area contributed by atoms with Gasteiger partial charge in [0.15, 0.2) is 0 Å². The summed E-state index contributed by atoms with van der Waals surface area (Å²) < 4.78 is 0.692. The average molecular weight is 260 g/mol. The lowest BCUT2D eigenvalue weighted by atomic mass is 10.1. The molecule has 0 fully saturated rings. The highest BCUT2D eigenvalue weighted by atomic mass is 79.9. The summed E-state index contributed by atoms with van der Waals surface area (Å²) in [5.74, 6) is -0.545. The first kappa shape index (κ1) is 11.3. The number of aromatic nitrogens is 1. The molecule has 3 nitrogen and oxygen atoms in total. The first-order valence-corrected chi connectivity index (χ1v) is 5.39. The highest BCUT2D eigenvalue weighted by Crippen LogP contribution is 2.31. The number of carbonyl (C=O) groups is 1. The Hall–Kier alpha value is -0.770. The molecule has 0 amide bonds. The summed E-state index contributed by atoms with van der Waals surface area (Å²) in [5.41, 5.74) is 2.03. The minimum atomic E-state index is -0.889. The topological polar surface area (TPSA) is 53.1 Å². The van der Waals surface area contributed by atoms with Gasteiger partial charge >= 0.3 is 5.97 Å². The highest BCUT2D eigenvalue weighted by molar-refractivity contribution is 9.10. The van der Waals surface area contributed by atoms with Crippen LogP contribution >= 0.6 is 15.9 Å². The summed E-state index contributed by atoms with van der Waals surface area (Å²) in [6, 6.07) is 0. The second-order valence-electron chi connectivity index (χ2n) is 3.47. The van der Waals surface area contributed by atoms with E-state index in [0.717, 1.165) is 12.1 Å². The lowest BCUT2D eigenvalue weighted by Crippen LogP contribution is -1.97. The lowest BCUT2D eigenvalue weighted by molar-refractivity contribution is 0.0695. The van der Waals surface area contributed by atoms with Crippen LogP contribution in [0, 0.1) is 6.92 Å². The van der Waals surface area contributed by atoms with Crippen molar-refractivity contribution in [2.45, 2.75) is 33.1 Å². The molecule has 0 aliphatic rings. The van der Waals surface area contributed by atoms with E-state index in [1.165, 1.54) is 0 Å². The molecule has 2 N–H and O–H groups in total. The average Bonchev–Trinajstić information content (AvgIpc) is 2.40. The largest absolute Gasteiger partial charge is 0.478 e. The van der Waals surface area contributed by atoms with Crippen molar-refractivity contribution in [1.29, 1.82) is 0 Å². The van der Waals surface area contributed by atoms with Crippen LogP contribution in [0.2, 0.25) is 0 Å². The summed E-state index contributed by atoms with van der Waals surface area (Å²) in [7, 11) is 0. The van der Waals surface area contributed by atoms with E-state index in [4.69, 9.17) is 5.11 Å². The van der Waals surface area contributed by atoms with Crippen molar-refractivity contribution in [1.82, 2.24) is 4.98 Å². The van der Waals surface area contributed by atoms with E-state index in [9.17, 15) is 4.79 Å². The molecule has 0 aliphatic heterocycles. The fraction of sp³-hybridized carbons (Fsp3) is 0.500. The Morgan fingerprint density at radius 2 is 2.21 bits per heavy atom. The molecule has 78 valence electrons. The third-order valence-corrected chi connectivity index (χ3v) is 3.30. The summed E-state index contributed by atoms with van der Waals surface area (Å²) >= 11 is 3.33. The van der Waals surface area contributed by atoms with Gasteiger partial charge in [0.05, 0.1) is 10.0 Å². The number of aromatic amines is 1. The Labute approximate surface area is 91.7 Å². The third kappa shape index (κ3) is 1.85. The van der Waals surface area contributed by atoms with Crippen LogP contribution < -0.4 is 0 Å². The Kier molecular flexibility index (Phi) is 3.37. The zero-order valence-electron chi connectivity index (χ0n) is 8.52. The van der Waals surface area contributed by atoms with Gasteiger partial charge in [-0.05, 0) is 35.2 Å². The minimum absolute atomic E-state index is 0.344. The second kappa shape index (κ2) is 4.17. The first-order chi connectivity index (χ1) is 6.49. The van der Waals surface area contributed by atoms with Gasteiger partial charge in [0, 0.05) is 11.4 Å². The normalized spacial score (nSPS) is 12.9. The van der Waals surface area contributed by atoms with Crippen LogP contribution in [0.5, 0.6) is 0 Å². The Balaban J connectivity index is 3.23. The molecule has 0 bridgehead atoms. The van der Waals surface area contributed by atoms with Crippen molar-refractivity contribution in [3.05, 3.63) is 21.4 Å². The maximum Gasteiger partial charge on any atom is 0.338 e. The molecule has 1 rings (SSSR count). The van der Waals surface area contributed by atoms with Gasteiger partial charge in [-0.3, -0.25) is 0 Å². The molecule has 0 spiro atoms. The van der Waals surface area contributed by atoms with Gasteiger partial charge in [0.2, 0.25) is 0 Å². The molecule has 0 saturated heterocycles. The number of aromatic carboxylic acids is 1. The first-order valence-electron chi connectivity index (χ1n) is 4.60. The quantitative estimate of drug-likeness (QED) is 0.876. The van der Waals surface area contributed by atoms with E-state index in [1.807, 2.05) is 0 Å². The number of aryl methyl sites for hydroxylation is 1. The molecular formula is C10H14BrNO2. The number of H-pyrrole nitrogens is 1. The molecule has 1 heterocycles. The fourth-order valence-corrected chi connectivity index (χ4v) is 2.37. The zero-order valence-corrected chi connectivity index (χ0v) is 10.1. The van der Waals surface area contributed by atoms with Gasteiger partial charge in [0.25, 0.3) is 0 Å². The Morgan fingerprint density at radius 3 is 2.57 bits per heavy atom. The van der Waals surface area contributed by atoms with Crippen LogP contribution in [0.4, 0.5) is 0 Å². The predicted molar refractivity (Wildman–Crippen MR) is 58.9 cm³/mol. The minimum Gasteiger partial charge on any atom is -0.478 e. The highest BCUT2D eigenvalue weighted by Gasteiger charge is 2.20. The molecule has 0 radical (unpaired) electrons. The zero-order chi connectivity index (χ0) is 10.9. The predicted octanol–water partition coefficient (Wildman–Crippen LogP) is 3.30. The molecule has 1 atom stereocenters. The third-order valence-electron chi connectivity index (χ3n) is 2.47. The van der Waals surface area contributed by atoms with Crippen molar-refractivity contribution in [3.63, 3.8) is 0 Å². The molecular weight excluding hydrogens is 246 g/mol. The molecule has 0 aliphatic carbocycles. The van der Waals surface area contributed by atoms with Crippen molar-refractivity contribution in [2.24, 2.45) is 0 Å². The van der Waals surface area contributed by atoms with Crippen LogP contribution in [-0.2, 0) is 0 Å². The standard InChI is InChI=1S/C10H14BrNO2/c1-4-5(2)9-8(11)7(10(13)14)6(3)12-9/h5,12H,4H2,1-3H3,(H,13,14). The van der Waals surface area contributed by atoms with E-state index < -0.39 is 5.97 Å². The SMILES string of the molecule is CCC(C)c1[nH]c(C)c(C(=O)O)c1Br. The summed E-state index contributed by atoms with van der Waals surface area (Å²) in [5, 5.41) is 8.96. The fourth-order valence-electron chi connectivity index (χ4n) is 1.42. The summed E-state index contributed by atoms with van der Waals surface area (Å²) in [6.07, 6.45) is 0.984. The van der Waals surface area contributed by atoms with E-state index >= 15 is 0 Å². The van der Waals surface area contributed by atoms with Crippen molar-refractivity contribution >= 4 is 21.9 Å². The van der Waals surface area contributed by atoms with Gasteiger partial charge in [-0.25, -0.2) is 4.79 Å². The van der Waals surface area contributed by atoms with Crippen LogP contribution in [-0.4, -0.2) is 16.1 Å². The van der Waals surface area contributed by atoms with E-state index in [-0.39, 0.29) is 0 Å². The smallest absolute Gasteiger partial charge is 0.338 e. The van der Waals surface area contributed by atoms with E-state index in [1.54, 1.807) is 6.92 Å². The number of carboxylic acid groups (broad SMARTS) is 1. The van der Waals surface area contributed by atoms with Crippen LogP contribution in [0.25, 0.3) is 0 Å². The number of hydrogen-bond acceptors (Lipinski definition) is 1. The van der Waals surface area contributed by atoms with Gasteiger partial charge in [-0.2, -0.15) is 0 Å². The van der Waals surface area contributed by atoms with Gasteiger partial charge in [-0.1, -0.05) is 13.8 Å². The molecule has 1 aromatic heterocycles. The van der Waals surface area contributed by atoms with Crippen LogP contribution in [0.3, 0.4) is 0 Å². The molecule has 1 unspecified atom stereocenters. The number of hydrogen-bond donors (Lipinski definition) is 2. The van der Waals surface area contributed by atoms with Crippen LogP contribution in [0.1, 0.15) is 47.9 Å². The molecule has 4 heteroatoms. The summed E-state index contributed by atoms with van der Waals surface area (Å²) in [6.45, 7) is 5.93. The molecule has 0 aromatic carbocycles. The number of nitrogens with one attached hydrogen (secondary N) is 1. The van der Waals surface area contributed by atoms with E-state index in [0.29, 0.717) is 21.6 Å². The van der Waals surface area contributed by atoms with Crippen LogP contribution in [0.15, 0.2) is 4.47 Å². The number of halogens is 1.